The molecule has 1 rings (SSSR count). The lowest BCUT2D eigenvalue weighted by Gasteiger charge is -2.01. The minimum Gasteiger partial charge on any atom is -0.0654 e. The van der Waals surface area contributed by atoms with E-state index in [0.717, 1.165) is 0 Å². The fourth-order valence-corrected chi connectivity index (χ4v) is 3.56. The van der Waals surface area contributed by atoms with E-state index in [0.29, 0.717) is 0 Å². The molecule has 84 valence electrons. The van der Waals surface area contributed by atoms with Crippen LogP contribution in [0.4, 0.5) is 0 Å². The molecule has 0 aliphatic rings. The summed E-state index contributed by atoms with van der Waals surface area (Å²) in [5.41, 5.74) is 2.94. The van der Waals surface area contributed by atoms with Crippen molar-refractivity contribution in [2.24, 2.45) is 0 Å². The van der Waals surface area contributed by atoms with Gasteiger partial charge in [-0.2, -0.15) is 0 Å². The molecule has 0 atom stereocenters. The zero-order valence-electron chi connectivity index (χ0n) is 10.3. The summed E-state index contributed by atoms with van der Waals surface area (Å²) in [6.07, 6.45) is 5.72. The molecule has 1 aromatic rings. The Morgan fingerprint density at radius 1 is 1.00 bits per heavy atom. The predicted octanol–water partition coefficient (Wildman–Crippen LogP) is 3.66. The van der Waals surface area contributed by atoms with Gasteiger partial charge in [-0.3, -0.25) is 0 Å². The summed E-state index contributed by atoms with van der Waals surface area (Å²) in [6, 6.07) is 12.0. The quantitative estimate of drug-likeness (QED) is 0.486. The molecular weight excluding hydrogens is 196 g/mol. The molecule has 1 heteroatoms. The zero-order chi connectivity index (χ0) is 10.9. The second kappa shape index (κ2) is 7.69. The molecule has 0 nitrogen and oxygen atoms in total. The van der Waals surface area contributed by atoms with E-state index in [-0.39, 0.29) is 9.52 Å². The van der Waals surface area contributed by atoms with E-state index in [2.05, 4.69) is 38.1 Å². The molecule has 0 radical (unpaired) electrons. The summed E-state index contributed by atoms with van der Waals surface area (Å²) in [5, 5.41) is 0. The molecule has 0 fully saturated rings. The van der Waals surface area contributed by atoms with Gasteiger partial charge in [0.15, 0.2) is 0 Å². The maximum Gasteiger partial charge on any atom is 0.0247 e. The Balaban J connectivity index is 2.07. The summed E-state index contributed by atoms with van der Waals surface area (Å²) < 4.78 is 0. The van der Waals surface area contributed by atoms with Gasteiger partial charge in [0.25, 0.3) is 0 Å². The van der Waals surface area contributed by atoms with Gasteiger partial charge in [0, 0.05) is 9.52 Å². The standard InChI is InChI=1S/C14H24Si/c1-3-4-5-6-11-15-12-14-9-7-13(2)8-10-14/h7-10H,3-6,11-12,15H2,1-2H3. The van der Waals surface area contributed by atoms with Crippen molar-refractivity contribution >= 4 is 9.52 Å². The highest BCUT2D eigenvalue weighted by atomic mass is 28.2. The first-order chi connectivity index (χ1) is 7.33. The molecule has 0 N–H and O–H groups in total. The summed E-state index contributed by atoms with van der Waals surface area (Å²) in [5.74, 6) is 0. The number of benzene rings is 1. The van der Waals surface area contributed by atoms with Gasteiger partial charge in [-0.25, -0.2) is 0 Å². The topological polar surface area (TPSA) is 0 Å². The van der Waals surface area contributed by atoms with Gasteiger partial charge in [0.1, 0.15) is 0 Å². The number of rotatable bonds is 7. The first kappa shape index (κ1) is 12.5. The average Bonchev–Trinajstić information content (AvgIpc) is 2.26. The minimum atomic E-state index is 0.173. The molecule has 0 spiro atoms. The van der Waals surface area contributed by atoms with Crippen LogP contribution in [0.2, 0.25) is 6.04 Å². The van der Waals surface area contributed by atoms with E-state index in [1.54, 1.807) is 5.56 Å². The summed E-state index contributed by atoms with van der Waals surface area (Å²) in [6.45, 7) is 4.44. The van der Waals surface area contributed by atoms with Gasteiger partial charge < -0.3 is 0 Å². The van der Waals surface area contributed by atoms with Gasteiger partial charge in [-0.05, 0) is 13.0 Å². The molecule has 0 unspecified atom stereocenters. The first-order valence-electron chi connectivity index (χ1n) is 6.38. The van der Waals surface area contributed by atoms with Crippen LogP contribution in [0.25, 0.3) is 0 Å². The molecule has 15 heavy (non-hydrogen) atoms. The van der Waals surface area contributed by atoms with Gasteiger partial charge >= 0.3 is 0 Å². The van der Waals surface area contributed by atoms with Crippen LogP contribution in [0.3, 0.4) is 0 Å². The summed E-state index contributed by atoms with van der Waals surface area (Å²) >= 11 is 0. The molecule has 0 aromatic heterocycles. The van der Waals surface area contributed by atoms with Crippen molar-refractivity contribution in [3.05, 3.63) is 35.4 Å². The van der Waals surface area contributed by atoms with Crippen molar-refractivity contribution in [3.63, 3.8) is 0 Å². The summed E-state index contributed by atoms with van der Waals surface area (Å²) in [4.78, 5) is 0. The third-order valence-electron chi connectivity index (χ3n) is 2.94. The largest absolute Gasteiger partial charge is 0.0654 e. The van der Waals surface area contributed by atoms with Gasteiger partial charge in [0.05, 0.1) is 0 Å². The second-order valence-electron chi connectivity index (χ2n) is 4.50. The van der Waals surface area contributed by atoms with Gasteiger partial charge in [0.2, 0.25) is 0 Å². The van der Waals surface area contributed by atoms with Crippen LogP contribution >= 0.6 is 0 Å². The Labute approximate surface area is 96.9 Å². The maximum absolute atomic E-state index is 2.30. The maximum atomic E-state index is 2.30. The Bertz CT molecular complexity index is 251. The number of unbranched alkanes of at least 4 members (excludes halogenated alkanes) is 3. The molecule has 0 amide bonds. The van der Waals surface area contributed by atoms with E-state index in [9.17, 15) is 0 Å². The third-order valence-corrected chi connectivity index (χ3v) is 4.87. The monoisotopic (exact) mass is 220 g/mol. The van der Waals surface area contributed by atoms with Crippen LogP contribution in [-0.4, -0.2) is 9.52 Å². The number of aryl methyl sites for hydroxylation is 1. The van der Waals surface area contributed by atoms with Crippen molar-refractivity contribution in [2.45, 2.75) is 51.6 Å². The smallest absolute Gasteiger partial charge is 0.0247 e. The predicted molar refractivity (Wildman–Crippen MR) is 72.4 cm³/mol. The highest BCUT2D eigenvalue weighted by Gasteiger charge is 1.94. The molecular formula is C14H24Si. The lowest BCUT2D eigenvalue weighted by Crippen LogP contribution is -1.96. The number of hydrogen-bond donors (Lipinski definition) is 0. The lowest BCUT2D eigenvalue weighted by atomic mass is 10.2. The van der Waals surface area contributed by atoms with Gasteiger partial charge in [-0.1, -0.05) is 74.0 Å². The SMILES string of the molecule is CCCCCC[SiH2]Cc1ccc(C)cc1. The zero-order valence-corrected chi connectivity index (χ0v) is 11.7. The van der Waals surface area contributed by atoms with Crippen LogP contribution in [0, 0.1) is 6.92 Å². The average molecular weight is 220 g/mol. The van der Waals surface area contributed by atoms with E-state index < -0.39 is 0 Å². The number of hydrogen-bond acceptors (Lipinski definition) is 0. The van der Waals surface area contributed by atoms with Crippen molar-refractivity contribution < 1.29 is 0 Å². The molecule has 0 aliphatic carbocycles. The fraction of sp³-hybridized carbons (Fsp3) is 0.571. The first-order valence-corrected chi connectivity index (χ1v) is 8.38. The molecule has 0 aliphatic heterocycles. The Morgan fingerprint density at radius 3 is 2.40 bits per heavy atom. The Morgan fingerprint density at radius 2 is 1.73 bits per heavy atom. The van der Waals surface area contributed by atoms with E-state index in [4.69, 9.17) is 0 Å². The van der Waals surface area contributed by atoms with Crippen molar-refractivity contribution in [2.75, 3.05) is 0 Å². The Hall–Kier alpha value is -0.563. The van der Waals surface area contributed by atoms with Crippen molar-refractivity contribution in [3.8, 4) is 0 Å². The van der Waals surface area contributed by atoms with Gasteiger partial charge in [-0.15, -0.1) is 0 Å². The van der Waals surface area contributed by atoms with Crippen LogP contribution in [-0.2, 0) is 6.04 Å². The van der Waals surface area contributed by atoms with Crippen LogP contribution in [0.5, 0.6) is 0 Å². The van der Waals surface area contributed by atoms with Crippen molar-refractivity contribution in [1.29, 1.82) is 0 Å². The van der Waals surface area contributed by atoms with Crippen LogP contribution < -0.4 is 0 Å². The second-order valence-corrected chi connectivity index (χ2v) is 6.42. The molecule has 0 saturated heterocycles. The third kappa shape index (κ3) is 5.78. The van der Waals surface area contributed by atoms with Crippen molar-refractivity contribution in [1.82, 2.24) is 0 Å². The summed E-state index contributed by atoms with van der Waals surface area (Å²) in [7, 11) is 0.173. The lowest BCUT2D eigenvalue weighted by molar-refractivity contribution is 0.700. The van der Waals surface area contributed by atoms with Crippen LogP contribution in [0.1, 0.15) is 43.7 Å². The molecule has 1 aromatic carbocycles. The van der Waals surface area contributed by atoms with Crippen LogP contribution in [0.15, 0.2) is 24.3 Å². The Kier molecular flexibility index (Phi) is 6.41. The van der Waals surface area contributed by atoms with E-state index in [1.807, 2.05) is 0 Å². The van der Waals surface area contributed by atoms with E-state index in [1.165, 1.54) is 43.3 Å². The fourth-order valence-electron chi connectivity index (χ4n) is 1.86. The normalized spacial score (nSPS) is 11.3. The molecule has 0 bridgehead atoms. The molecule has 0 saturated carbocycles. The highest BCUT2D eigenvalue weighted by molar-refractivity contribution is 6.34. The minimum absolute atomic E-state index is 0.173. The molecule has 0 heterocycles. The highest BCUT2D eigenvalue weighted by Crippen LogP contribution is 2.06. The van der Waals surface area contributed by atoms with E-state index >= 15 is 0 Å².